The van der Waals surface area contributed by atoms with E-state index in [-0.39, 0.29) is 5.82 Å². The summed E-state index contributed by atoms with van der Waals surface area (Å²) in [6, 6.07) is 14.9. The molecule has 2 aromatic carbocycles. The zero-order valence-corrected chi connectivity index (χ0v) is 17.9. The van der Waals surface area contributed by atoms with Gasteiger partial charge in [0.15, 0.2) is 0 Å². The van der Waals surface area contributed by atoms with Crippen LogP contribution in [0.4, 0.5) is 4.39 Å². The molecule has 0 aliphatic carbocycles. The van der Waals surface area contributed by atoms with Gasteiger partial charge in [0, 0.05) is 60.2 Å². The van der Waals surface area contributed by atoms with E-state index >= 15 is 0 Å². The second-order valence-corrected chi connectivity index (χ2v) is 8.53. The van der Waals surface area contributed by atoms with Gasteiger partial charge >= 0.3 is 0 Å². The van der Waals surface area contributed by atoms with Crippen LogP contribution in [-0.2, 0) is 13.1 Å². The first kappa shape index (κ1) is 19.3. The fourth-order valence-electron chi connectivity index (χ4n) is 4.45. The molecule has 3 aromatic heterocycles. The van der Waals surface area contributed by atoms with E-state index in [0.29, 0.717) is 18.2 Å². The van der Waals surface area contributed by atoms with Crippen LogP contribution in [0.25, 0.3) is 27.6 Å². The summed E-state index contributed by atoms with van der Waals surface area (Å²) in [7, 11) is 0. The number of fused-ring (bicyclic) bond motifs is 3. The highest BCUT2D eigenvalue weighted by molar-refractivity contribution is 6.32. The van der Waals surface area contributed by atoms with E-state index in [2.05, 4.69) is 27.0 Å². The normalized spacial score (nSPS) is 14.4. The van der Waals surface area contributed by atoms with Gasteiger partial charge in [-0.05, 0) is 54.1 Å². The first-order valence-corrected chi connectivity index (χ1v) is 10.9. The SMILES string of the molecule is Fc1ccc2c(ccn2-c2cc(Cl)c3c(c2)CN(Cc2cnc4[nH]ccc4c2)CCO3)c1. The molecule has 5 aromatic rings. The first-order chi connectivity index (χ1) is 15.6. The van der Waals surface area contributed by atoms with Crippen molar-refractivity contribution in [2.45, 2.75) is 13.1 Å². The number of H-pyrrole nitrogens is 1. The van der Waals surface area contributed by atoms with Crippen molar-refractivity contribution in [3.63, 3.8) is 0 Å². The molecular weight excluding hydrogens is 427 g/mol. The lowest BCUT2D eigenvalue weighted by molar-refractivity contribution is 0.219. The number of aromatic amines is 1. The third-order valence-electron chi connectivity index (χ3n) is 5.95. The predicted octanol–water partition coefficient (Wildman–Crippen LogP) is 5.69. The summed E-state index contributed by atoms with van der Waals surface area (Å²) >= 11 is 6.64. The Hall–Kier alpha value is -3.35. The molecule has 160 valence electrons. The van der Waals surface area contributed by atoms with Gasteiger partial charge in [-0.15, -0.1) is 0 Å². The Morgan fingerprint density at radius 2 is 2.03 bits per heavy atom. The number of ether oxygens (including phenoxy) is 1. The minimum atomic E-state index is -0.244. The summed E-state index contributed by atoms with van der Waals surface area (Å²) in [6.07, 6.45) is 5.76. The third kappa shape index (κ3) is 3.42. The Labute approximate surface area is 189 Å². The van der Waals surface area contributed by atoms with Crippen LogP contribution in [0.1, 0.15) is 11.1 Å². The van der Waals surface area contributed by atoms with E-state index in [9.17, 15) is 4.39 Å². The number of aromatic nitrogens is 3. The molecular formula is C25H20ClFN4O. The molecule has 5 nitrogen and oxygen atoms in total. The molecule has 0 spiro atoms. The third-order valence-corrected chi connectivity index (χ3v) is 6.23. The van der Waals surface area contributed by atoms with E-state index in [0.717, 1.165) is 57.6 Å². The van der Waals surface area contributed by atoms with Crippen LogP contribution < -0.4 is 4.74 Å². The number of benzene rings is 2. The van der Waals surface area contributed by atoms with Gasteiger partial charge in [0.25, 0.3) is 0 Å². The zero-order valence-electron chi connectivity index (χ0n) is 17.2. The number of hydrogen-bond acceptors (Lipinski definition) is 3. The van der Waals surface area contributed by atoms with E-state index < -0.39 is 0 Å². The van der Waals surface area contributed by atoms with Gasteiger partial charge in [-0.1, -0.05) is 11.6 Å². The summed E-state index contributed by atoms with van der Waals surface area (Å²) in [4.78, 5) is 9.98. The molecule has 4 heterocycles. The molecule has 0 saturated heterocycles. The fourth-order valence-corrected chi connectivity index (χ4v) is 4.74. The van der Waals surface area contributed by atoms with Gasteiger partial charge in [0.05, 0.1) is 10.5 Å². The van der Waals surface area contributed by atoms with Gasteiger partial charge in [0.1, 0.15) is 23.8 Å². The van der Waals surface area contributed by atoms with Crippen LogP contribution in [-0.4, -0.2) is 32.6 Å². The van der Waals surface area contributed by atoms with Crippen LogP contribution in [0.15, 0.2) is 67.1 Å². The number of nitrogens with zero attached hydrogens (tertiary/aromatic N) is 3. The standard InChI is InChI=1S/C25H20ClFN4O/c26-22-12-21(31-6-4-17-10-20(27)1-2-23(17)31)11-19-15-30(7-8-32-24(19)22)14-16-9-18-3-5-28-25(18)29-13-16/h1-6,9-13H,7-8,14-15H2,(H,28,29). The smallest absolute Gasteiger partial charge is 0.142 e. The molecule has 32 heavy (non-hydrogen) atoms. The molecule has 0 atom stereocenters. The Kier molecular flexibility index (Phi) is 4.63. The monoisotopic (exact) mass is 446 g/mol. The average Bonchev–Trinajstić information content (AvgIpc) is 3.35. The first-order valence-electron chi connectivity index (χ1n) is 10.5. The molecule has 0 fully saturated rings. The molecule has 1 N–H and O–H groups in total. The second kappa shape index (κ2) is 7.65. The Morgan fingerprint density at radius 3 is 2.97 bits per heavy atom. The van der Waals surface area contributed by atoms with Crippen LogP contribution in [0.2, 0.25) is 5.02 Å². The van der Waals surface area contributed by atoms with Crippen LogP contribution in [0, 0.1) is 5.82 Å². The van der Waals surface area contributed by atoms with Gasteiger partial charge in [-0.25, -0.2) is 9.37 Å². The van der Waals surface area contributed by atoms with Crippen molar-refractivity contribution in [1.29, 1.82) is 0 Å². The Balaban J connectivity index is 1.34. The summed E-state index contributed by atoms with van der Waals surface area (Å²) in [5, 5.41) is 2.54. The van der Waals surface area contributed by atoms with Crippen molar-refractivity contribution in [3.05, 3.63) is 89.1 Å². The predicted molar refractivity (Wildman–Crippen MR) is 124 cm³/mol. The molecule has 7 heteroatoms. The number of rotatable bonds is 3. The molecule has 0 bridgehead atoms. The summed E-state index contributed by atoms with van der Waals surface area (Å²) in [5.41, 5.74) is 4.94. The molecule has 0 radical (unpaired) electrons. The van der Waals surface area contributed by atoms with E-state index in [1.807, 2.05) is 41.4 Å². The maximum atomic E-state index is 13.6. The summed E-state index contributed by atoms with van der Waals surface area (Å²) < 4.78 is 21.7. The van der Waals surface area contributed by atoms with Crippen LogP contribution in [0.5, 0.6) is 5.75 Å². The molecule has 0 saturated carbocycles. The zero-order chi connectivity index (χ0) is 21.7. The lowest BCUT2D eigenvalue weighted by Crippen LogP contribution is -2.25. The molecule has 0 unspecified atom stereocenters. The van der Waals surface area contributed by atoms with E-state index in [4.69, 9.17) is 16.3 Å². The highest BCUT2D eigenvalue weighted by atomic mass is 35.5. The van der Waals surface area contributed by atoms with Crippen molar-refractivity contribution < 1.29 is 9.13 Å². The maximum Gasteiger partial charge on any atom is 0.142 e. The lowest BCUT2D eigenvalue weighted by atomic mass is 10.1. The highest BCUT2D eigenvalue weighted by Gasteiger charge is 2.20. The minimum absolute atomic E-state index is 0.244. The van der Waals surface area contributed by atoms with E-state index in [1.165, 1.54) is 12.1 Å². The fraction of sp³-hybridized carbons (Fsp3) is 0.160. The molecule has 0 amide bonds. The Morgan fingerprint density at radius 1 is 1.09 bits per heavy atom. The van der Waals surface area contributed by atoms with E-state index in [1.54, 1.807) is 6.07 Å². The number of halogens is 2. The maximum absolute atomic E-state index is 13.6. The number of hydrogen-bond donors (Lipinski definition) is 1. The molecule has 1 aliphatic heterocycles. The summed E-state index contributed by atoms with van der Waals surface area (Å²) in [6.45, 7) is 2.83. The topological polar surface area (TPSA) is 46.1 Å². The average molecular weight is 447 g/mol. The van der Waals surface area contributed by atoms with Crippen molar-refractivity contribution in [2.24, 2.45) is 0 Å². The molecule has 6 rings (SSSR count). The lowest BCUT2D eigenvalue weighted by Gasteiger charge is -2.20. The van der Waals surface area contributed by atoms with Crippen molar-refractivity contribution in [2.75, 3.05) is 13.2 Å². The van der Waals surface area contributed by atoms with Crippen molar-refractivity contribution in [3.8, 4) is 11.4 Å². The quantitative estimate of drug-likeness (QED) is 0.387. The largest absolute Gasteiger partial charge is 0.490 e. The number of pyridine rings is 1. The highest BCUT2D eigenvalue weighted by Crippen LogP contribution is 2.35. The van der Waals surface area contributed by atoms with Crippen molar-refractivity contribution >= 4 is 33.5 Å². The summed E-state index contributed by atoms with van der Waals surface area (Å²) in [5.74, 6) is 0.492. The second-order valence-electron chi connectivity index (χ2n) is 8.12. The molecule has 1 aliphatic rings. The number of nitrogens with one attached hydrogen (secondary N) is 1. The van der Waals surface area contributed by atoms with Gasteiger partial charge in [0.2, 0.25) is 0 Å². The minimum Gasteiger partial charge on any atom is -0.490 e. The van der Waals surface area contributed by atoms with Gasteiger partial charge in [-0.2, -0.15) is 0 Å². The van der Waals surface area contributed by atoms with Gasteiger partial charge in [-0.3, -0.25) is 4.90 Å². The van der Waals surface area contributed by atoms with Crippen LogP contribution >= 0.6 is 11.6 Å². The van der Waals surface area contributed by atoms with Gasteiger partial charge < -0.3 is 14.3 Å². The van der Waals surface area contributed by atoms with Crippen molar-refractivity contribution in [1.82, 2.24) is 19.4 Å². The van der Waals surface area contributed by atoms with Crippen LogP contribution in [0.3, 0.4) is 0 Å². The Bertz CT molecular complexity index is 1460.